The third kappa shape index (κ3) is 4.18. The van der Waals surface area contributed by atoms with Crippen LogP contribution in [0.1, 0.15) is 41.4 Å². The zero-order chi connectivity index (χ0) is 17.0. The molecule has 0 aliphatic rings. The highest BCUT2D eigenvalue weighted by molar-refractivity contribution is 7.91. The lowest BCUT2D eigenvalue weighted by Gasteiger charge is -2.20. The van der Waals surface area contributed by atoms with E-state index in [1.54, 1.807) is 31.2 Å². The van der Waals surface area contributed by atoms with E-state index in [0.29, 0.717) is 17.5 Å². The van der Waals surface area contributed by atoms with Crippen LogP contribution in [-0.4, -0.2) is 19.3 Å². The van der Waals surface area contributed by atoms with Crippen molar-refractivity contribution in [3.63, 3.8) is 0 Å². The SMILES string of the molecule is CCC(c1ccccc1)S(=O)(=O)CC(O)c1ccc(F)cc1C. The first-order valence-corrected chi connectivity index (χ1v) is 9.27. The van der Waals surface area contributed by atoms with Gasteiger partial charge < -0.3 is 5.11 Å². The fourth-order valence-electron chi connectivity index (χ4n) is 2.80. The Balaban J connectivity index is 2.26. The molecule has 1 N–H and O–H groups in total. The number of benzene rings is 2. The Hall–Kier alpha value is -1.72. The number of hydrogen-bond donors (Lipinski definition) is 1. The fraction of sp³-hybridized carbons (Fsp3) is 0.333. The first kappa shape index (κ1) is 17.6. The first-order valence-electron chi connectivity index (χ1n) is 7.55. The van der Waals surface area contributed by atoms with E-state index in [1.807, 2.05) is 13.0 Å². The van der Waals surface area contributed by atoms with E-state index in [1.165, 1.54) is 18.2 Å². The lowest BCUT2D eigenvalue weighted by molar-refractivity contribution is 0.200. The van der Waals surface area contributed by atoms with E-state index in [2.05, 4.69) is 0 Å². The second kappa shape index (κ2) is 7.23. The molecule has 0 spiro atoms. The van der Waals surface area contributed by atoms with E-state index < -0.39 is 27.0 Å². The number of aryl methyl sites for hydroxylation is 1. The van der Waals surface area contributed by atoms with Gasteiger partial charge in [0.15, 0.2) is 9.84 Å². The minimum Gasteiger partial charge on any atom is -0.387 e. The molecule has 0 saturated carbocycles. The quantitative estimate of drug-likeness (QED) is 0.874. The third-order valence-corrected chi connectivity index (χ3v) is 6.21. The van der Waals surface area contributed by atoms with Crippen molar-refractivity contribution in [2.45, 2.75) is 31.6 Å². The van der Waals surface area contributed by atoms with E-state index >= 15 is 0 Å². The maximum atomic E-state index is 13.2. The molecule has 0 aliphatic heterocycles. The summed E-state index contributed by atoms with van der Waals surface area (Å²) in [5.41, 5.74) is 1.70. The molecule has 0 heterocycles. The van der Waals surface area contributed by atoms with Crippen molar-refractivity contribution in [3.05, 3.63) is 71.0 Å². The lowest BCUT2D eigenvalue weighted by Crippen LogP contribution is -2.21. The van der Waals surface area contributed by atoms with Gasteiger partial charge in [-0.3, -0.25) is 0 Å². The van der Waals surface area contributed by atoms with Gasteiger partial charge in [-0.2, -0.15) is 0 Å². The van der Waals surface area contributed by atoms with Gasteiger partial charge in [-0.1, -0.05) is 43.3 Å². The van der Waals surface area contributed by atoms with Gasteiger partial charge in [0.05, 0.1) is 17.1 Å². The van der Waals surface area contributed by atoms with Crippen LogP contribution in [0.2, 0.25) is 0 Å². The Morgan fingerprint density at radius 1 is 1.13 bits per heavy atom. The number of hydrogen-bond acceptors (Lipinski definition) is 3. The molecule has 0 amide bonds. The minimum atomic E-state index is -3.54. The molecule has 2 rings (SSSR count). The van der Waals surface area contributed by atoms with Crippen LogP contribution in [0.3, 0.4) is 0 Å². The van der Waals surface area contributed by atoms with Crippen molar-refractivity contribution < 1.29 is 17.9 Å². The van der Waals surface area contributed by atoms with E-state index in [4.69, 9.17) is 0 Å². The van der Waals surface area contributed by atoms with Crippen LogP contribution in [0, 0.1) is 12.7 Å². The van der Waals surface area contributed by atoms with Gasteiger partial charge in [-0.25, -0.2) is 12.8 Å². The fourth-order valence-corrected chi connectivity index (χ4v) is 4.74. The van der Waals surface area contributed by atoms with Crippen molar-refractivity contribution in [2.75, 3.05) is 5.75 Å². The number of halogens is 1. The Labute approximate surface area is 136 Å². The van der Waals surface area contributed by atoms with Crippen molar-refractivity contribution >= 4 is 9.84 Å². The third-order valence-electron chi connectivity index (χ3n) is 3.96. The van der Waals surface area contributed by atoms with E-state index in [0.717, 1.165) is 5.56 Å². The smallest absolute Gasteiger partial charge is 0.160 e. The summed E-state index contributed by atoms with van der Waals surface area (Å²) in [6, 6.07) is 12.9. The average molecular weight is 336 g/mol. The Kier molecular flexibility index (Phi) is 5.55. The number of rotatable bonds is 6. The highest BCUT2D eigenvalue weighted by Gasteiger charge is 2.29. The van der Waals surface area contributed by atoms with Crippen molar-refractivity contribution in [2.24, 2.45) is 0 Å². The molecule has 2 aromatic rings. The molecule has 5 heteroatoms. The highest BCUT2D eigenvalue weighted by Crippen LogP contribution is 2.30. The number of aliphatic hydroxyl groups is 1. The van der Waals surface area contributed by atoms with Gasteiger partial charge >= 0.3 is 0 Å². The van der Waals surface area contributed by atoms with Crippen molar-refractivity contribution in [1.82, 2.24) is 0 Å². The summed E-state index contributed by atoms with van der Waals surface area (Å²) in [4.78, 5) is 0. The zero-order valence-corrected chi connectivity index (χ0v) is 14.1. The van der Waals surface area contributed by atoms with E-state index in [-0.39, 0.29) is 5.75 Å². The summed E-state index contributed by atoms with van der Waals surface area (Å²) in [5, 5.41) is 9.66. The molecule has 0 radical (unpaired) electrons. The molecule has 0 saturated heterocycles. The summed E-state index contributed by atoms with van der Waals surface area (Å²) >= 11 is 0. The molecule has 124 valence electrons. The second-order valence-electron chi connectivity index (χ2n) is 5.65. The minimum absolute atomic E-state index is 0.382. The predicted octanol–water partition coefficient (Wildman–Crippen LogP) is 3.73. The number of sulfone groups is 1. The van der Waals surface area contributed by atoms with Gasteiger partial charge in [-0.15, -0.1) is 0 Å². The van der Waals surface area contributed by atoms with E-state index in [9.17, 15) is 17.9 Å². The van der Waals surface area contributed by atoms with Crippen LogP contribution in [0.25, 0.3) is 0 Å². The summed E-state index contributed by atoms with van der Waals surface area (Å²) < 4.78 is 38.5. The summed E-state index contributed by atoms with van der Waals surface area (Å²) in [6.45, 7) is 3.47. The van der Waals surface area contributed by atoms with Gasteiger partial charge in [0.1, 0.15) is 5.82 Å². The average Bonchev–Trinajstić information content (AvgIpc) is 2.48. The van der Waals surface area contributed by atoms with Crippen LogP contribution in [0.15, 0.2) is 48.5 Å². The second-order valence-corrected chi connectivity index (χ2v) is 7.88. The molecular formula is C18H21FO3S. The summed E-state index contributed by atoms with van der Waals surface area (Å²) in [5.74, 6) is -0.788. The van der Waals surface area contributed by atoms with Crippen molar-refractivity contribution in [1.29, 1.82) is 0 Å². The lowest BCUT2D eigenvalue weighted by atomic mass is 10.0. The standard InChI is InChI=1S/C18H21FO3S/c1-3-18(14-7-5-4-6-8-14)23(21,22)12-17(20)16-10-9-15(19)11-13(16)2/h4-11,17-18,20H,3,12H2,1-2H3. The molecule has 23 heavy (non-hydrogen) atoms. The zero-order valence-electron chi connectivity index (χ0n) is 13.2. The predicted molar refractivity (Wildman–Crippen MR) is 89.4 cm³/mol. The van der Waals surface area contributed by atoms with Crippen LogP contribution in [-0.2, 0) is 9.84 Å². The molecule has 2 atom stereocenters. The van der Waals surface area contributed by atoms with Crippen molar-refractivity contribution in [3.8, 4) is 0 Å². The maximum absolute atomic E-state index is 13.2. The largest absolute Gasteiger partial charge is 0.387 e. The van der Waals surface area contributed by atoms with Gasteiger partial charge in [0, 0.05) is 0 Å². The molecular weight excluding hydrogens is 315 g/mol. The summed E-state index contributed by atoms with van der Waals surface area (Å²) in [6.07, 6.45) is -0.736. The Bertz CT molecular complexity index is 757. The van der Waals surface area contributed by atoms with Crippen LogP contribution in [0.4, 0.5) is 4.39 Å². The molecule has 0 aliphatic carbocycles. The molecule has 0 aromatic heterocycles. The highest BCUT2D eigenvalue weighted by atomic mass is 32.2. The normalized spacial score (nSPS) is 14.4. The summed E-state index contributed by atoms with van der Waals surface area (Å²) in [7, 11) is -3.54. The van der Waals surface area contributed by atoms with Gasteiger partial charge in [0.2, 0.25) is 0 Å². The molecule has 3 nitrogen and oxygen atoms in total. The molecule has 2 aromatic carbocycles. The van der Waals surface area contributed by atoms with Crippen LogP contribution in [0.5, 0.6) is 0 Å². The Morgan fingerprint density at radius 3 is 2.35 bits per heavy atom. The van der Waals surface area contributed by atoms with Gasteiger partial charge in [0.25, 0.3) is 0 Å². The molecule has 2 unspecified atom stereocenters. The maximum Gasteiger partial charge on any atom is 0.160 e. The van der Waals surface area contributed by atoms with Gasteiger partial charge in [-0.05, 0) is 42.2 Å². The first-order chi connectivity index (χ1) is 10.8. The number of aliphatic hydroxyl groups excluding tert-OH is 1. The molecule has 0 fully saturated rings. The topological polar surface area (TPSA) is 54.4 Å². The monoisotopic (exact) mass is 336 g/mol. The van der Waals surface area contributed by atoms with Crippen LogP contribution < -0.4 is 0 Å². The van der Waals surface area contributed by atoms with Crippen LogP contribution >= 0.6 is 0 Å². The Morgan fingerprint density at radius 2 is 1.78 bits per heavy atom. The molecule has 0 bridgehead atoms.